The predicted octanol–water partition coefficient (Wildman–Crippen LogP) is 1.89. The van der Waals surface area contributed by atoms with Crippen LogP contribution in [0.4, 0.5) is 11.5 Å². The van der Waals surface area contributed by atoms with E-state index in [0.717, 1.165) is 37.4 Å². The fourth-order valence-electron chi connectivity index (χ4n) is 2.36. The second kappa shape index (κ2) is 5.08. The first-order valence-corrected chi connectivity index (χ1v) is 6.33. The van der Waals surface area contributed by atoms with Gasteiger partial charge in [0.05, 0.1) is 11.9 Å². The fourth-order valence-corrected chi connectivity index (χ4v) is 2.36. The molecule has 0 amide bonds. The highest BCUT2D eigenvalue weighted by atomic mass is 15.2. The van der Waals surface area contributed by atoms with Crippen LogP contribution in [-0.2, 0) is 0 Å². The van der Waals surface area contributed by atoms with Crippen LogP contribution in [0.15, 0.2) is 36.8 Å². The SMILES string of the molecule is c1ccc(N2CCC(Nc3cn[nH]c3)CC2)nc1. The van der Waals surface area contributed by atoms with Gasteiger partial charge < -0.3 is 10.2 Å². The van der Waals surface area contributed by atoms with Crippen LogP contribution in [0, 0.1) is 0 Å². The Labute approximate surface area is 106 Å². The van der Waals surface area contributed by atoms with Crippen molar-refractivity contribution < 1.29 is 0 Å². The van der Waals surface area contributed by atoms with Crippen LogP contribution < -0.4 is 10.2 Å². The Morgan fingerprint density at radius 3 is 2.83 bits per heavy atom. The van der Waals surface area contributed by atoms with Crippen LogP contribution in [0.3, 0.4) is 0 Å². The van der Waals surface area contributed by atoms with E-state index in [1.165, 1.54) is 0 Å². The molecule has 2 N–H and O–H groups in total. The van der Waals surface area contributed by atoms with Crippen molar-refractivity contribution in [3.8, 4) is 0 Å². The number of nitrogens with zero attached hydrogens (tertiary/aromatic N) is 3. The van der Waals surface area contributed by atoms with E-state index in [1.807, 2.05) is 30.7 Å². The molecular formula is C13H17N5. The molecule has 5 nitrogen and oxygen atoms in total. The summed E-state index contributed by atoms with van der Waals surface area (Å²) in [7, 11) is 0. The Balaban J connectivity index is 1.55. The summed E-state index contributed by atoms with van der Waals surface area (Å²) >= 11 is 0. The van der Waals surface area contributed by atoms with Crippen molar-refractivity contribution in [3.05, 3.63) is 36.8 Å². The van der Waals surface area contributed by atoms with Crippen LogP contribution >= 0.6 is 0 Å². The maximum absolute atomic E-state index is 4.39. The summed E-state index contributed by atoms with van der Waals surface area (Å²) in [6, 6.07) is 6.60. The van der Waals surface area contributed by atoms with Crippen LogP contribution in [0.25, 0.3) is 0 Å². The Hall–Kier alpha value is -2.04. The Morgan fingerprint density at radius 1 is 1.28 bits per heavy atom. The quantitative estimate of drug-likeness (QED) is 0.864. The zero-order valence-corrected chi connectivity index (χ0v) is 10.2. The molecule has 0 radical (unpaired) electrons. The number of aromatic amines is 1. The van der Waals surface area contributed by atoms with Gasteiger partial charge in [0, 0.05) is 31.5 Å². The van der Waals surface area contributed by atoms with E-state index in [4.69, 9.17) is 0 Å². The summed E-state index contributed by atoms with van der Waals surface area (Å²) in [6.45, 7) is 2.10. The average molecular weight is 243 g/mol. The van der Waals surface area contributed by atoms with Crippen molar-refractivity contribution in [1.29, 1.82) is 0 Å². The number of anilines is 2. The molecule has 0 spiro atoms. The highest BCUT2D eigenvalue weighted by Crippen LogP contribution is 2.19. The second-order valence-corrected chi connectivity index (χ2v) is 4.58. The van der Waals surface area contributed by atoms with E-state index in [1.54, 1.807) is 0 Å². The van der Waals surface area contributed by atoms with Crippen LogP contribution in [-0.4, -0.2) is 34.3 Å². The van der Waals surface area contributed by atoms with E-state index < -0.39 is 0 Å². The molecule has 0 bridgehead atoms. The van der Waals surface area contributed by atoms with Crippen molar-refractivity contribution in [1.82, 2.24) is 15.2 Å². The van der Waals surface area contributed by atoms with Gasteiger partial charge in [0.25, 0.3) is 0 Å². The molecule has 0 aliphatic carbocycles. The molecule has 2 aromatic rings. The zero-order chi connectivity index (χ0) is 12.2. The molecule has 0 saturated carbocycles. The summed E-state index contributed by atoms with van der Waals surface area (Å²) in [6.07, 6.45) is 7.82. The highest BCUT2D eigenvalue weighted by Gasteiger charge is 2.19. The summed E-state index contributed by atoms with van der Waals surface area (Å²) in [5, 5.41) is 10.3. The molecule has 18 heavy (non-hydrogen) atoms. The van der Waals surface area contributed by atoms with Gasteiger partial charge in [-0.1, -0.05) is 6.07 Å². The third-order valence-corrected chi connectivity index (χ3v) is 3.34. The average Bonchev–Trinajstić information content (AvgIpc) is 2.94. The molecule has 1 fully saturated rings. The van der Waals surface area contributed by atoms with Crippen molar-refractivity contribution in [3.63, 3.8) is 0 Å². The summed E-state index contributed by atoms with van der Waals surface area (Å²) in [5.41, 5.74) is 1.08. The Bertz CT molecular complexity index is 459. The minimum Gasteiger partial charge on any atom is -0.380 e. The molecule has 0 aromatic carbocycles. The van der Waals surface area contributed by atoms with Crippen molar-refractivity contribution in [2.24, 2.45) is 0 Å². The van der Waals surface area contributed by atoms with E-state index >= 15 is 0 Å². The molecule has 3 heterocycles. The van der Waals surface area contributed by atoms with E-state index in [-0.39, 0.29) is 0 Å². The van der Waals surface area contributed by atoms with Gasteiger partial charge in [-0.25, -0.2) is 4.98 Å². The minimum absolute atomic E-state index is 0.530. The van der Waals surface area contributed by atoms with Crippen LogP contribution in [0.5, 0.6) is 0 Å². The van der Waals surface area contributed by atoms with Crippen molar-refractivity contribution in [2.45, 2.75) is 18.9 Å². The molecule has 3 rings (SSSR count). The first-order valence-electron chi connectivity index (χ1n) is 6.33. The standard InChI is InChI=1S/C13H17N5/c1-2-6-14-13(3-1)18-7-4-11(5-8-18)17-12-9-15-16-10-12/h1-3,6,9-11,17H,4-5,7-8H2,(H,15,16). The third-order valence-electron chi connectivity index (χ3n) is 3.34. The molecule has 94 valence electrons. The zero-order valence-electron chi connectivity index (χ0n) is 10.2. The third kappa shape index (κ3) is 2.45. The molecule has 1 aliphatic heterocycles. The fraction of sp³-hybridized carbons (Fsp3) is 0.385. The maximum atomic E-state index is 4.39. The van der Waals surface area contributed by atoms with Gasteiger partial charge in [-0.05, 0) is 25.0 Å². The first kappa shape index (κ1) is 11.1. The summed E-state index contributed by atoms with van der Waals surface area (Å²) in [5.74, 6) is 1.08. The topological polar surface area (TPSA) is 56.8 Å². The van der Waals surface area contributed by atoms with Gasteiger partial charge in [-0.15, -0.1) is 0 Å². The number of piperidine rings is 1. The minimum atomic E-state index is 0.530. The Kier molecular flexibility index (Phi) is 3.12. The van der Waals surface area contributed by atoms with Crippen LogP contribution in [0.2, 0.25) is 0 Å². The predicted molar refractivity (Wildman–Crippen MR) is 71.7 cm³/mol. The lowest BCUT2D eigenvalue weighted by atomic mass is 10.0. The lowest BCUT2D eigenvalue weighted by molar-refractivity contribution is 0.523. The van der Waals surface area contributed by atoms with E-state index in [9.17, 15) is 0 Å². The molecule has 1 aliphatic rings. The number of nitrogens with one attached hydrogen (secondary N) is 2. The number of pyridine rings is 1. The lowest BCUT2D eigenvalue weighted by Crippen LogP contribution is -2.39. The maximum Gasteiger partial charge on any atom is 0.128 e. The molecule has 0 unspecified atom stereocenters. The second-order valence-electron chi connectivity index (χ2n) is 4.58. The summed E-state index contributed by atoms with van der Waals surface area (Å²) < 4.78 is 0. The van der Waals surface area contributed by atoms with Gasteiger partial charge >= 0.3 is 0 Å². The van der Waals surface area contributed by atoms with E-state index in [0.29, 0.717) is 6.04 Å². The number of H-pyrrole nitrogens is 1. The molecule has 0 atom stereocenters. The molecule has 1 saturated heterocycles. The lowest BCUT2D eigenvalue weighted by Gasteiger charge is -2.33. The molecule has 5 heteroatoms. The largest absolute Gasteiger partial charge is 0.380 e. The number of rotatable bonds is 3. The number of hydrogen-bond donors (Lipinski definition) is 2. The van der Waals surface area contributed by atoms with Gasteiger partial charge in [-0.3, -0.25) is 5.10 Å². The van der Waals surface area contributed by atoms with Gasteiger partial charge in [0.2, 0.25) is 0 Å². The smallest absolute Gasteiger partial charge is 0.128 e. The molecular weight excluding hydrogens is 226 g/mol. The van der Waals surface area contributed by atoms with Gasteiger partial charge in [-0.2, -0.15) is 5.10 Å². The Morgan fingerprint density at radius 2 is 2.17 bits per heavy atom. The van der Waals surface area contributed by atoms with Gasteiger partial charge in [0.1, 0.15) is 5.82 Å². The number of aromatic nitrogens is 3. The van der Waals surface area contributed by atoms with Gasteiger partial charge in [0.15, 0.2) is 0 Å². The monoisotopic (exact) mass is 243 g/mol. The van der Waals surface area contributed by atoms with Crippen LogP contribution in [0.1, 0.15) is 12.8 Å². The highest BCUT2D eigenvalue weighted by molar-refractivity contribution is 5.41. The normalized spacial score (nSPS) is 16.8. The first-order chi connectivity index (χ1) is 8.92. The molecule has 2 aromatic heterocycles. The van der Waals surface area contributed by atoms with E-state index in [2.05, 4.69) is 31.5 Å². The van der Waals surface area contributed by atoms with Crippen molar-refractivity contribution >= 4 is 11.5 Å². The number of hydrogen-bond acceptors (Lipinski definition) is 4. The van der Waals surface area contributed by atoms with Crippen molar-refractivity contribution in [2.75, 3.05) is 23.3 Å². The summed E-state index contributed by atoms with van der Waals surface area (Å²) in [4.78, 5) is 6.73.